The second kappa shape index (κ2) is 7.25. The molecule has 1 fully saturated rings. The highest BCUT2D eigenvalue weighted by atomic mass is 19.1. The monoisotopic (exact) mass is 326 g/mol. The molecule has 0 radical (unpaired) electrons. The van der Waals surface area contributed by atoms with Gasteiger partial charge in [-0.25, -0.2) is 4.39 Å². The molecule has 2 amide bonds. The number of anilines is 1. The molecular formula is C19H19FN2O2. The average Bonchev–Trinajstić information content (AvgIpc) is 2.98. The second-order valence-electron chi connectivity index (χ2n) is 5.91. The van der Waals surface area contributed by atoms with Crippen LogP contribution >= 0.6 is 0 Å². The summed E-state index contributed by atoms with van der Waals surface area (Å²) in [6.07, 6.45) is 0.948. The van der Waals surface area contributed by atoms with Gasteiger partial charge in [0.25, 0.3) is 0 Å². The van der Waals surface area contributed by atoms with Crippen LogP contribution in [0.3, 0.4) is 0 Å². The predicted octanol–water partition coefficient (Wildman–Crippen LogP) is 2.54. The summed E-state index contributed by atoms with van der Waals surface area (Å²) in [6, 6.07) is 15.7. The Labute approximate surface area is 140 Å². The summed E-state index contributed by atoms with van der Waals surface area (Å²) in [6.45, 7) is 0.881. The number of carbonyl (C=O) groups excluding carboxylic acids is 2. The van der Waals surface area contributed by atoms with Crippen LogP contribution in [0.15, 0.2) is 54.6 Å². The first-order valence-corrected chi connectivity index (χ1v) is 8.01. The van der Waals surface area contributed by atoms with Crippen molar-refractivity contribution < 1.29 is 14.0 Å². The number of nitrogens with zero attached hydrogens (tertiary/aromatic N) is 1. The standard InChI is InChI=1S/C19H19FN2O2/c20-16-6-8-17(9-7-16)22-13-15(12-18(22)23)19(24)21-11-10-14-4-2-1-3-5-14/h1-9,15H,10-13H2,(H,21,24). The van der Waals surface area contributed by atoms with E-state index in [2.05, 4.69) is 5.32 Å². The largest absolute Gasteiger partial charge is 0.355 e. The minimum Gasteiger partial charge on any atom is -0.355 e. The second-order valence-corrected chi connectivity index (χ2v) is 5.91. The molecule has 3 rings (SSSR count). The quantitative estimate of drug-likeness (QED) is 0.918. The van der Waals surface area contributed by atoms with Crippen molar-refractivity contribution in [3.8, 4) is 0 Å². The smallest absolute Gasteiger partial charge is 0.227 e. The van der Waals surface area contributed by atoms with Gasteiger partial charge in [-0.3, -0.25) is 9.59 Å². The molecule has 124 valence electrons. The number of hydrogen-bond donors (Lipinski definition) is 1. The Balaban J connectivity index is 1.53. The van der Waals surface area contributed by atoms with Crippen molar-refractivity contribution in [2.24, 2.45) is 5.92 Å². The third-order valence-electron chi connectivity index (χ3n) is 4.19. The zero-order valence-corrected chi connectivity index (χ0v) is 13.2. The molecule has 1 N–H and O–H groups in total. The Morgan fingerprint density at radius 1 is 1.12 bits per heavy atom. The number of rotatable bonds is 5. The van der Waals surface area contributed by atoms with Crippen molar-refractivity contribution in [2.75, 3.05) is 18.0 Å². The zero-order valence-electron chi connectivity index (χ0n) is 13.2. The molecule has 0 aromatic heterocycles. The fraction of sp³-hybridized carbons (Fsp3) is 0.263. The summed E-state index contributed by atoms with van der Waals surface area (Å²) in [5.41, 5.74) is 1.79. The van der Waals surface area contributed by atoms with Gasteiger partial charge in [-0.1, -0.05) is 30.3 Å². The van der Waals surface area contributed by atoms with Crippen molar-refractivity contribution in [3.05, 3.63) is 66.0 Å². The molecule has 1 aliphatic heterocycles. The Kier molecular flexibility index (Phi) is 4.89. The predicted molar refractivity (Wildman–Crippen MR) is 90.0 cm³/mol. The maximum absolute atomic E-state index is 13.0. The summed E-state index contributed by atoms with van der Waals surface area (Å²) in [4.78, 5) is 25.9. The van der Waals surface area contributed by atoms with E-state index in [0.717, 1.165) is 12.0 Å². The molecule has 0 saturated carbocycles. The van der Waals surface area contributed by atoms with E-state index in [4.69, 9.17) is 0 Å². The van der Waals surface area contributed by atoms with Gasteiger partial charge in [0.1, 0.15) is 5.82 Å². The lowest BCUT2D eigenvalue weighted by Gasteiger charge is -2.16. The van der Waals surface area contributed by atoms with Crippen LogP contribution in [0.25, 0.3) is 0 Å². The lowest BCUT2D eigenvalue weighted by molar-refractivity contribution is -0.126. The number of carbonyl (C=O) groups is 2. The first kappa shape index (κ1) is 16.2. The third kappa shape index (κ3) is 3.79. The Morgan fingerprint density at radius 2 is 1.83 bits per heavy atom. The summed E-state index contributed by atoms with van der Waals surface area (Å²) >= 11 is 0. The molecule has 2 aromatic carbocycles. The van der Waals surface area contributed by atoms with E-state index in [1.165, 1.54) is 12.1 Å². The minimum atomic E-state index is -0.363. The summed E-state index contributed by atoms with van der Waals surface area (Å²) in [5.74, 6) is -0.923. The molecule has 0 spiro atoms. The lowest BCUT2D eigenvalue weighted by Crippen LogP contribution is -2.34. The first-order chi connectivity index (χ1) is 11.6. The highest BCUT2D eigenvalue weighted by Gasteiger charge is 2.34. The zero-order chi connectivity index (χ0) is 16.9. The van der Waals surface area contributed by atoms with Crippen molar-refractivity contribution in [3.63, 3.8) is 0 Å². The Morgan fingerprint density at radius 3 is 2.54 bits per heavy atom. The van der Waals surface area contributed by atoms with Crippen LogP contribution in [0.1, 0.15) is 12.0 Å². The molecule has 0 aliphatic carbocycles. The van der Waals surface area contributed by atoms with Crippen LogP contribution in [0.2, 0.25) is 0 Å². The molecule has 2 aromatic rings. The van der Waals surface area contributed by atoms with Crippen LogP contribution in [0.5, 0.6) is 0 Å². The highest BCUT2D eigenvalue weighted by molar-refractivity contribution is 6.00. The van der Waals surface area contributed by atoms with E-state index in [9.17, 15) is 14.0 Å². The van der Waals surface area contributed by atoms with E-state index < -0.39 is 0 Å². The van der Waals surface area contributed by atoms with E-state index in [0.29, 0.717) is 18.8 Å². The van der Waals surface area contributed by atoms with Gasteiger partial charge >= 0.3 is 0 Å². The van der Waals surface area contributed by atoms with Crippen molar-refractivity contribution in [1.29, 1.82) is 0 Å². The Hall–Kier alpha value is -2.69. The number of hydrogen-bond acceptors (Lipinski definition) is 2. The summed E-state index contributed by atoms with van der Waals surface area (Å²) < 4.78 is 13.0. The van der Waals surface area contributed by atoms with Gasteiger partial charge in [-0.2, -0.15) is 0 Å². The van der Waals surface area contributed by atoms with E-state index in [1.807, 2.05) is 30.3 Å². The van der Waals surface area contributed by atoms with E-state index in [-0.39, 0.29) is 30.0 Å². The van der Waals surface area contributed by atoms with Gasteiger partial charge in [0, 0.05) is 25.2 Å². The van der Waals surface area contributed by atoms with Gasteiger partial charge in [0.2, 0.25) is 11.8 Å². The fourth-order valence-corrected chi connectivity index (χ4v) is 2.87. The molecule has 5 heteroatoms. The third-order valence-corrected chi connectivity index (χ3v) is 4.19. The average molecular weight is 326 g/mol. The van der Waals surface area contributed by atoms with E-state index >= 15 is 0 Å². The molecule has 1 heterocycles. The van der Waals surface area contributed by atoms with Gasteiger partial charge < -0.3 is 10.2 Å². The summed E-state index contributed by atoms with van der Waals surface area (Å²) in [7, 11) is 0. The number of nitrogens with one attached hydrogen (secondary N) is 1. The van der Waals surface area contributed by atoms with Gasteiger partial charge in [-0.05, 0) is 36.2 Å². The minimum absolute atomic E-state index is 0.107. The number of halogens is 1. The molecule has 24 heavy (non-hydrogen) atoms. The van der Waals surface area contributed by atoms with Crippen LogP contribution in [-0.4, -0.2) is 24.9 Å². The van der Waals surface area contributed by atoms with Crippen molar-refractivity contribution in [2.45, 2.75) is 12.8 Å². The van der Waals surface area contributed by atoms with Crippen LogP contribution in [0, 0.1) is 11.7 Å². The molecule has 1 atom stereocenters. The molecule has 4 nitrogen and oxygen atoms in total. The van der Waals surface area contributed by atoms with Crippen molar-refractivity contribution in [1.82, 2.24) is 5.32 Å². The van der Waals surface area contributed by atoms with E-state index in [1.54, 1.807) is 17.0 Å². The van der Waals surface area contributed by atoms with Crippen LogP contribution < -0.4 is 10.2 Å². The first-order valence-electron chi connectivity index (χ1n) is 8.01. The topological polar surface area (TPSA) is 49.4 Å². The van der Waals surface area contributed by atoms with Crippen molar-refractivity contribution >= 4 is 17.5 Å². The molecule has 0 bridgehead atoms. The molecule has 1 aliphatic rings. The van der Waals surface area contributed by atoms with Gasteiger partial charge in [0.05, 0.1) is 5.92 Å². The van der Waals surface area contributed by atoms with Gasteiger partial charge in [0.15, 0.2) is 0 Å². The molecular weight excluding hydrogens is 307 g/mol. The lowest BCUT2D eigenvalue weighted by atomic mass is 10.1. The van der Waals surface area contributed by atoms with Crippen LogP contribution in [-0.2, 0) is 16.0 Å². The maximum atomic E-state index is 13.0. The van der Waals surface area contributed by atoms with Gasteiger partial charge in [-0.15, -0.1) is 0 Å². The van der Waals surface area contributed by atoms with Crippen LogP contribution in [0.4, 0.5) is 10.1 Å². The SMILES string of the molecule is O=C(NCCc1ccccc1)C1CC(=O)N(c2ccc(F)cc2)C1. The Bertz CT molecular complexity index is 716. The maximum Gasteiger partial charge on any atom is 0.227 e. The molecule has 1 saturated heterocycles. The summed E-state index contributed by atoms with van der Waals surface area (Å²) in [5, 5.41) is 2.90. The fourth-order valence-electron chi connectivity index (χ4n) is 2.87. The number of benzene rings is 2. The number of amides is 2. The normalized spacial score (nSPS) is 17.1. The highest BCUT2D eigenvalue weighted by Crippen LogP contribution is 2.25. The molecule has 1 unspecified atom stereocenters.